The van der Waals surface area contributed by atoms with Crippen LogP contribution in [0.1, 0.15) is 31.2 Å². The topological polar surface area (TPSA) is 66.4 Å². The normalized spacial score (nSPS) is 21.8. The van der Waals surface area contributed by atoms with Crippen LogP contribution in [0, 0.1) is 12.8 Å². The average molecular weight is 307 g/mol. The highest BCUT2D eigenvalue weighted by Gasteiger charge is 2.26. The van der Waals surface area contributed by atoms with Crippen molar-refractivity contribution in [2.45, 2.75) is 43.5 Å². The lowest BCUT2D eigenvalue weighted by atomic mass is 9.86. The Labute approximate surface area is 129 Å². The molecule has 0 spiro atoms. The molecular weight excluding hydrogens is 286 g/mol. The number of aliphatic carboxylic acids is 1. The van der Waals surface area contributed by atoms with Crippen molar-refractivity contribution in [3.63, 3.8) is 0 Å². The molecule has 0 saturated heterocycles. The highest BCUT2D eigenvalue weighted by Crippen LogP contribution is 2.24. The second-order valence-electron chi connectivity index (χ2n) is 5.56. The molecule has 1 saturated carbocycles. The third-order valence-electron chi connectivity index (χ3n) is 3.83. The number of rotatable bonds is 5. The summed E-state index contributed by atoms with van der Waals surface area (Å²) >= 11 is 1.53. The van der Waals surface area contributed by atoms with Gasteiger partial charge in [0.25, 0.3) is 0 Å². The molecule has 0 bridgehead atoms. The fourth-order valence-corrected chi connectivity index (χ4v) is 3.25. The molecule has 0 aromatic heterocycles. The van der Waals surface area contributed by atoms with E-state index in [0.717, 1.165) is 17.7 Å². The molecule has 1 fully saturated rings. The Hall–Kier alpha value is -1.49. The minimum Gasteiger partial charge on any atom is -0.481 e. The van der Waals surface area contributed by atoms with Crippen LogP contribution in [0.4, 0.5) is 0 Å². The van der Waals surface area contributed by atoms with Crippen molar-refractivity contribution in [1.82, 2.24) is 5.32 Å². The minimum absolute atomic E-state index is 0.0272. The number of carboxylic acid groups (broad SMARTS) is 1. The van der Waals surface area contributed by atoms with Crippen LogP contribution in [-0.4, -0.2) is 28.8 Å². The minimum atomic E-state index is -0.713. The molecule has 1 amide bonds. The standard InChI is InChI=1S/C16H21NO3S/c1-11-2-8-14(9-3-11)21-10-15(18)17-13-6-4-12(5-7-13)16(19)20/h2-3,8-9,12-13H,4-7,10H2,1H3,(H,17,18)(H,19,20). The van der Waals surface area contributed by atoms with E-state index in [1.165, 1.54) is 17.3 Å². The summed E-state index contributed by atoms with van der Waals surface area (Å²) in [6.45, 7) is 2.04. The SMILES string of the molecule is Cc1ccc(SCC(=O)NC2CCC(C(=O)O)CC2)cc1. The summed E-state index contributed by atoms with van der Waals surface area (Å²) in [7, 11) is 0. The number of benzene rings is 1. The fourth-order valence-electron chi connectivity index (χ4n) is 2.54. The van der Waals surface area contributed by atoms with Gasteiger partial charge in [-0.15, -0.1) is 11.8 Å². The number of aryl methyl sites for hydroxylation is 1. The van der Waals surface area contributed by atoms with E-state index < -0.39 is 5.97 Å². The molecule has 1 aliphatic rings. The van der Waals surface area contributed by atoms with E-state index in [4.69, 9.17) is 5.11 Å². The van der Waals surface area contributed by atoms with Crippen LogP contribution in [0.2, 0.25) is 0 Å². The van der Waals surface area contributed by atoms with Gasteiger partial charge < -0.3 is 10.4 Å². The highest BCUT2D eigenvalue weighted by molar-refractivity contribution is 8.00. The maximum absolute atomic E-state index is 11.9. The summed E-state index contributed by atoms with van der Waals surface area (Å²) in [6.07, 6.45) is 2.84. The summed E-state index contributed by atoms with van der Waals surface area (Å²) < 4.78 is 0. The Balaban J connectivity index is 1.70. The number of hydrogen-bond donors (Lipinski definition) is 2. The van der Waals surface area contributed by atoms with Gasteiger partial charge in [-0.2, -0.15) is 0 Å². The fraction of sp³-hybridized carbons (Fsp3) is 0.500. The molecule has 5 heteroatoms. The molecule has 1 aliphatic carbocycles. The summed E-state index contributed by atoms with van der Waals surface area (Å²) in [6, 6.07) is 8.24. The zero-order valence-electron chi connectivity index (χ0n) is 12.2. The van der Waals surface area contributed by atoms with Crippen LogP contribution in [-0.2, 0) is 9.59 Å². The molecule has 4 nitrogen and oxygen atoms in total. The number of hydrogen-bond acceptors (Lipinski definition) is 3. The van der Waals surface area contributed by atoms with E-state index in [-0.39, 0.29) is 17.9 Å². The van der Waals surface area contributed by atoms with Crippen LogP contribution in [0.15, 0.2) is 29.2 Å². The van der Waals surface area contributed by atoms with E-state index in [1.54, 1.807) is 0 Å². The molecule has 1 aromatic carbocycles. The van der Waals surface area contributed by atoms with Gasteiger partial charge in [-0.3, -0.25) is 9.59 Å². The van der Waals surface area contributed by atoms with Gasteiger partial charge in [0.1, 0.15) is 0 Å². The van der Waals surface area contributed by atoms with Gasteiger partial charge >= 0.3 is 5.97 Å². The first-order valence-electron chi connectivity index (χ1n) is 7.26. The molecule has 2 N–H and O–H groups in total. The van der Waals surface area contributed by atoms with E-state index in [0.29, 0.717) is 18.6 Å². The van der Waals surface area contributed by atoms with Gasteiger partial charge in [-0.1, -0.05) is 17.7 Å². The number of carbonyl (C=O) groups excluding carboxylic acids is 1. The van der Waals surface area contributed by atoms with Crippen molar-refractivity contribution in [3.05, 3.63) is 29.8 Å². The predicted octanol–water partition coefficient (Wildman–Crippen LogP) is 2.85. The Morgan fingerprint density at radius 3 is 2.38 bits per heavy atom. The molecule has 0 heterocycles. The molecule has 1 aromatic rings. The van der Waals surface area contributed by atoms with Crippen LogP contribution >= 0.6 is 11.8 Å². The maximum atomic E-state index is 11.9. The summed E-state index contributed by atoms with van der Waals surface area (Å²) in [5, 5.41) is 12.0. The van der Waals surface area contributed by atoms with Gasteiger partial charge in [0.05, 0.1) is 11.7 Å². The third-order valence-corrected chi connectivity index (χ3v) is 4.84. The number of carboxylic acids is 1. The molecule has 0 radical (unpaired) electrons. The van der Waals surface area contributed by atoms with Gasteiger partial charge in [-0.05, 0) is 44.7 Å². The van der Waals surface area contributed by atoms with Gasteiger partial charge in [-0.25, -0.2) is 0 Å². The van der Waals surface area contributed by atoms with E-state index >= 15 is 0 Å². The number of carbonyl (C=O) groups is 2. The van der Waals surface area contributed by atoms with Crippen molar-refractivity contribution in [2.24, 2.45) is 5.92 Å². The molecule has 0 atom stereocenters. The Bertz CT molecular complexity index is 493. The molecule has 2 rings (SSSR count). The first kappa shape index (κ1) is 15.9. The quantitative estimate of drug-likeness (QED) is 0.821. The Morgan fingerprint density at radius 1 is 1.19 bits per heavy atom. The molecule has 0 unspecified atom stereocenters. The first-order chi connectivity index (χ1) is 10.0. The zero-order valence-corrected chi connectivity index (χ0v) is 13.0. The molecule has 0 aliphatic heterocycles. The van der Waals surface area contributed by atoms with Crippen molar-refractivity contribution < 1.29 is 14.7 Å². The van der Waals surface area contributed by atoms with Gasteiger partial charge in [0.2, 0.25) is 5.91 Å². The molecule has 114 valence electrons. The maximum Gasteiger partial charge on any atom is 0.306 e. The van der Waals surface area contributed by atoms with Crippen LogP contribution in [0.3, 0.4) is 0 Å². The largest absolute Gasteiger partial charge is 0.481 e. The monoisotopic (exact) mass is 307 g/mol. The number of thioether (sulfide) groups is 1. The molecular formula is C16H21NO3S. The summed E-state index contributed by atoms with van der Waals surface area (Å²) in [4.78, 5) is 23.9. The third kappa shape index (κ3) is 5.08. The highest BCUT2D eigenvalue weighted by atomic mass is 32.2. The second-order valence-corrected chi connectivity index (χ2v) is 6.60. The summed E-state index contributed by atoms with van der Waals surface area (Å²) in [5.74, 6) is -0.517. The Morgan fingerprint density at radius 2 is 1.81 bits per heavy atom. The van der Waals surface area contributed by atoms with Crippen molar-refractivity contribution in [1.29, 1.82) is 0 Å². The lowest BCUT2D eigenvalue weighted by Gasteiger charge is -2.26. The average Bonchev–Trinajstić information content (AvgIpc) is 2.47. The van der Waals surface area contributed by atoms with Gasteiger partial charge in [0, 0.05) is 10.9 Å². The smallest absolute Gasteiger partial charge is 0.306 e. The van der Waals surface area contributed by atoms with Crippen molar-refractivity contribution >= 4 is 23.6 Å². The Kier molecular flexibility index (Phi) is 5.67. The van der Waals surface area contributed by atoms with Crippen molar-refractivity contribution in [2.75, 3.05) is 5.75 Å². The lowest BCUT2D eigenvalue weighted by Crippen LogP contribution is -2.39. The lowest BCUT2D eigenvalue weighted by molar-refractivity contribution is -0.142. The zero-order chi connectivity index (χ0) is 15.2. The van der Waals surface area contributed by atoms with E-state index in [2.05, 4.69) is 5.32 Å². The first-order valence-corrected chi connectivity index (χ1v) is 8.25. The predicted molar refractivity (Wildman–Crippen MR) is 83.4 cm³/mol. The van der Waals surface area contributed by atoms with Crippen LogP contribution in [0.5, 0.6) is 0 Å². The number of nitrogens with one attached hydrogen (secondary N) is 1. The number of amides is 1. The second kappa shape index (κ2) is 7.50. The van der Waals surface area contributed by atoms with Crippen molar-refractivity contribution in [3.8, 4) is 0 Å². The van der Waals surface area contributed by atoms with Crippen LogP contribution < -0.4 is 5.32 Å². The summed E-state index contributed by atoms with van der Waals surface area (Å²) in [5.41, 5.74) is 1.21. The molecule has 21 heavy (non-hydrogen) atoms. The van der Waals surface area contributed by atoms with Gasteiger partial charge in [0.15, 0.2) is 0 Å². The van der Waals surface area contributed by atoms with E-state index in [9.17, 15) is 9.59 Å². The van der Waals surface area contributed by atoms with E-state index in [1.807, 2.05) is 31.2 Å². The van der Waals surface area contributed by atoms with Crippen LogP contribution in [0.25, 0.3) is 0 Å².